The maximum atomic E-state index is 9.05. The summed E-state index contributed by atoms with van der Waals surface area (Å²) in [6.07, 6.45) is 2.87. The lowest BCUT2D eigenvalue weighted by molar-refractivity contribution is 0.292. The van der Waals surface area contributed by atoms with E-state index in [2.05, 4.69) is 37.8 Å². The molecule has 0 radical (unpaired) electrons. The molecule has 0 spiro atoms. The standard InChI is InChI=1S/C13H18OS/c1-3-11-5-7-12(8-6-11)10-15-13(4-2)9-14/h3,5-8,13-14H,1,4,9-10H2,2H3. The average Bonchev–Trinajstić information content (AvgIpc) is 2.31. The summed E-state index contributed by atoms with van der Waals surface area (Å²) in [4.78, 5) is 0. The van der Waals surface area contributed by atoms with Gasteiger partial charge >= 0.3 is 0 Å². The number of aliphatic hydroxyl groups is 1. The van der Waals surface area contributed by atoms with E-state index < -0.39 is 0 Å². The summed E-state index contributed by atoms with van der Waals surface area (Å²) >= 11 is 1.81. The van der Waals surface area contributed by atoms with Gasteiger partial charge in [-0.15, -0.1) is 0 Å². The first kappa shape index (κ1) is 12.3. The SMILES string of the molecule is C=Cc1ccc(CSC(CC)CO)cc1. The van der Waals surface area contributed by atoms with Crippen LogP contribution in [0.3, 0.4) is 0 Å². The van der Waals surface area contributed by atoms with Crippen molar-refractivity contribution in [1.82, 2.24) is 0 Å². The molecule has 1 N–H and O–H groups in total. The lowest BCUT2D eigenvalue weighted by Crippen LogP contribution is -2.06. The van der Waals surface area contributed by atoms with Crippen molar-refractivity contribution >= 4 is 17.8 Å². The molecule has 15 heavy (non-hydrogen) atoms. The van der Waals surface area contributed by atoms with Crippen molar-refractivity contribution in [2.45, 2.75) is 24.3 Å². The molecule has 1 nitrogen and oxygen atoms in total. The van der Waals surface area contributed by atoms with Gasteiger partial charge in [-0.1, -0.05) is 43.8 Å². The fourth-order valence-electron chi connectivity index (χ4n) is 1.26. The summed E-state index contributed by atoms with van der Waals surface area (Å²) < 4.78 is 0. The first-order chi connectivity index (χ1) is 7.30. The van der Waals surface area contributed by atoms with Gasteiger partial charge in [0, 0.05) is 11.0 Å². The molecule has 0 fully saturated rings. The Hall–Kier alpha value is -0.730. The first-order valence-corrected chi connectivity index (χ1v) is 6.28. The van der Waals surface area contributed by atoms with Crippen LogP contribution in [-0.2, 0) is 5.75 Å². The summed E-state index contributed by atoms with van der Waals surface area (Å²) in [6, 6.07) is 8.38. The van der Waals surface area contributed by atoms with E-state index in [0.717, 1.165) is 17.7 Å². The Labute approximate surface area is 96.2 Å². The Morgan fingerprint density at radius 3 is 2.53 bits per heavy atom. The molecule has 1 aromatic carbocycles. The van der Waals surface area contributed by atoms with Gasteiger partial charge in [-0.2, -0.15) is 11.8 Å². The fraction of sp³-hybridized carbons (Fsp3) is 0.385. The molecular formula is C13H18OS. The third-order valence-corrected chi connectivity index (χ3v) is 3.81. The second-order valence-electron chi connectivity index (χ2n) is 3.47. The van der Waals surface area contributed by atoms with E-state index in [1.165, 1.54) is 5.56 Å². The molecule has 0 aliphatic carbocycles. The highest BCUT2D eigenvalue weighted by Gasteiger charge is 2.04. The van der Waals surface area contributed by atoms with Crippen LogP contribution in [0.25, 0.3) is 6.08 Å². The van der Waals surface area contributed by atoms with Crippen molar-refractivity contribution in [3.63, 3.8) is 0 Å². The second-order valence-corrected chi connectivity index (χ2v) is 4.76. The first-order valence-electron chi connectivity index (χ1n) is 5.24. The number of benzene rings is 1. The summed E-state index contributed by atoms with van der Waals surface area (Å²) in [5.41, 5.74) is 2.45. The van der Waals surface area contributed by atoms with Crippen LogP contribution in [0.2, 0.25) is 0 Å². The molecule has 0 aliphatic heterocycles. The predicted octanol–water partition coefficient (Wildman–Crippen LogP) is 3.33. The molecule has 0 heterocycles. The molecule has 0 aliphatic rings. The van der Waals surface area contributed by atoms with Crippen molar-refractivity contribution in [1.29, 1.82) is 0 Å². The Morgan fingerprint density at radius 2 is 2.07 bits per heavy atom. The minimum Gasteiger partial charge on any atom is -0.395 e. The van der Waals surface area contributed by atoms with E-state index in [1.54, 1.807) is 0 Å². The van der Waals surface area contributed by atoms with Gasteiger partial charge in [0.05, 0.1) is 6.61 Å². The van der Waals surface area contributed by atoms with Crippen LogP contribution in [0, 0.1) is 0 Å². The van der Waals surface area contributed by atoms with Crippen LogP contribution >= 0.6 is 11.8 Å². The molecule has 1 atom stereocenters. The highest BCUT2D eigenvalue weighted by molar-refractivity contribution is 7.99. The van der Waals surface area contributed by atoms with E-state index >= 15 is 0 Å². The Balaban J connectivity index is 2.46. The molecule has 0 amide bonds. The summed E-state index contributed by atoms with van der Waals surface area (Å²) in [5.74, 6) is 0.969. The largest absolute Gasteiger partial charge is 0.395 e. The van der Waals surface area contributed by atoms with E-state index in [-0.39, 0.29) is 6.61 Å². The third kappa shape index (κ3) is 4.10. The van der Waals surface area contributed by atoms with E-state index in [9.17, 15) is 0 Å². The van der Waals surface area contributed by atoms with E-state index in [4.69, 9.17) is 5.11 Å². The van der Waals surface area contributed by atoms with E-state index in [0.29, 0.717) is 5.25 Å². The van der Waals surface area contributed by atoms with Crippen LogP contribution in [-0.4, -0.2) is 17.0 Å². The Morgan fingerprint density at radius 1 is 1.40 bits per heavy atom. The predicted molar refractivity (Wildman–Crippen MR) is 69.0 cm³/mol. The van der Waals surface area contributed by atoms with Crippen molar-refractivity contribution < 1.29 is 5.11 Å². The van der Waals surface area contributed by atoms with Crippen molar-refractivity contribution in [2.24, 2.45) is 0 Å². The number of aliphatic hydroxyl groups excluding tert-OH is 1. The molecule has 2 heteroatoms. The number of thioether (sulfide) groups is 1. The zero-order chi connectivity index (χ0) is 11.1. The van der Waals surface area contributed by atoms with Gasteiger partial charge in [0.2, 0.25) is 0 Å². The van der Waals surface area contributed by atoms with Crippen molar-refractivity contribution in [3.05, 3.63) is 42.0 Å². The smallest absolute Gasteiger partial charge is 0.0550 e. The van der Waals surface area contributed by atoms with Crippen LogP contribution in [0.1, 0.15) is 24.5 Å². The van der Waals surface area contributed by atoms with Crippen molar-refractivity contribution in [3.8, 4) is 0 Å². The molecule has 82 valence electrons. The third-order valence-electron chi connectivity index (χ3n) is 2.36. The number of hydrogen-bond donors (Lipinski definition) is 1. The Bertz CT molecular complexity index is 288. The summed E-state index contributed by atoms with van der Waals surface area (Å²) in [6.45, 7) is 6.10. The van der Waals surface area contributed by atoms with E-state index in [1.807, 2.05) is 17.8 Å². The van der Waals surface area contributed by atoms with Crippen molar-refractivity contribution in [2.75, 3.05) is 6.61 Å². The summed E-state index contributed by atoms with van der Waals surface area (Å²) in [7, 11) is 0. The van der Waals surface area contributed by atoms with Gasteiger partial charge in [-0.3, -0.25) is 0 Å². The normalized spacial score (nSPS) is 12.4. The lowest BCUT2D eigenvalue weighted by Gasteiger charge is -2.10. The minimum atomic E-state index is 0.270. The van der Waals surface area contributed by atoms with Crippen LogP contribution < -0.4 is 0 Å². The lowest BCUT2D eigenvalue weighted by atomic mass is 10.1. The molecule has 1 unspecified atom stereocenters. The maximum absolute atomic E-state index is 9.05. The van der Waals surface area contributed by atoms with Gasteiger partial charge in [-0.05, 0) is 17.5 Å². The average molecular weight is 222 g/mol. The zero-order valence-electron chi connectivity index (χ0n) is 9.15. The monoisotopic (exact) mass is 222 g/mol. The highest BCUT2D eigenvalue weighted by Crippen LogP contribution is 2.20. The maximum Gasteiger partial charge on any atom is 0.0550 e. The molecule has 0 bridgehead atoms. The molecule has 1 aromatic rings. The zero-order valence-corrected chi connectivity index (χ0v) is 9.96. The van der Waals surface area contributed by atoms with Gasteiger partial charge in [0.1, 0.15) is 0 Å². The quantitative estimate of drug-likeness (QED) is 0.796. The van der Waals surface area contributed by atoms with Crippen LogP contribution in [0.15, 0.2) is 30.8 Å². The molecular weight excluding hydrogens is 204 g/mol. The number of rotatable bonds is 6. The van der Waals surface area contributed by atoms with Gasteiger partial charge in [0.25, 0.3) is 0 Å². The van der Waals surface area contributed by atoms with Crippen LogP contribution in [0.4, 0.5) is 0 Å². The molecule has 0 saturated heterocycles. The van der Waals surface area contributed by atoms with Gasteiger partial charge in [0.15, 0.2) is 0 Å². The second kappa shape index (κ2) is 6.70. The molecule has 1 rings (SSSR count). The molecule has 0 saturated carbocycles. The van der Waals surface area contributed by atoms with Crippen LogP contribution in [0.5, 0.6) is 0 Å². The molecule has 0 aromatic heterocycles. The topological polar surface area (TPSA) is 20.2 Å². The number of hydrogen-bond acceptors (Lipinski definition) is 2. The minimum absolute atomic E-state index is 0.270. The van der Waals surface area contributed by atoms with Gasteiger partial charge < -0.3 is 5.11 Å². The Kier molecular flexibility index (Phi) is 5.51. The highest BCUT2D eigenvalue weighted by atomic mass is 32.2. The summed E-state index contributed by atoms with van der Waals surface area (Å²) in [5, 5.41) is 9.42. The van der Waals surface area contributed by atoms with Gasteiger partial charge in [-0.25, -0.2) is 0 Å². The fourth-order valence-corrected chi connectivity index (χ4v) is 2.23.